The van der Waals surface area contributed by atoms with Crippen molar-refractivity contribution in [2.24, 2.45) is 0 Å². The number of likely N-dealkylation sites (N-methyl/N-ethyl adjacent to an activating group) is 1. The molecule has 21 heavy (non-hydrogen) atoms. The van der Waals surface area contributed by atoms with Crippen molar-refractivity contribution in [3.8, 4) is 0 Å². The molecular formula is C14H18BrClN4O. The Hall–Kier alpha value is -1.11. The fourth-order valence-corrected chi connectivity index (χ4v) is 3.06. The van der Waals surface area contributed by atoms with Gasteiger partial charge in [-0.25, -0.2) is 0 Å². The second-order valence-electron chi connectivity index (χ2n) is 5.14. The van der Waals surface area contributed by atoms with E-state index < -0.39 is 0 Å². The van der Waals surface area contributed by atoms with Crippen molar-refractivity contribution in [3.63, 3.8) is 0 Å². The number of carbonyl (C=O) groups is 1. The van der Waals surface area contributed by atoms with Gasteiger partial charge in [0, 0.05) is 29.0 Å². The van der Waals surface area contributed by atoms with Gasteiger partial charge in [0.2, 0.25) is 0 Å². The summed E-state index contributed by atoms with van der Waals surface area (Å²) in [6.07, 6.45) is 2.15. The van der Waals surface area contributed by atoms with Crippen molar-refractivity contribution in [3.05, 3.63) is 28.4 Å². The van der Waals surface area contributed by atoms with Crippen LogP contribution in [0.15, 0.2) is 22.7 Å². The number of hydrogen-bond donors (Lipinski definition) is 2. The Morgan fingerprint density at radius 2 is 2.33 bits per heavy atom. The molecule has 0 saturated carbocycles. The Balaban J connectivity index is 0.00000161. The van der Waals surface area contributed by atoms with Crippen molar-refractivity contribution in [2.45, 2.75) is 18.9 Å². The maximum atomic E-state index is 12.6. The fourth-order valence-electron chi connectivity index (χ4n) is 2.70. The first-order chi connectivity index (χ1) is 9.69. The van der Waals surface area contributed by atoms with E-state index in [2.05, 4.69) is 31.4 Å². The van der Waals surface area contributed by atoms with Crippen molar-refractivity contribution in [1.29, 1.82) is 0 Å². The highest BCUT2D eigenvalue weighted by Gasteiger charge is 2.26. The van der Waals surface area contributed by atoms with Gasteiger partial charge in [-0.1, -0.05) is 15.9 Å². The van der Waals surface area contributed by atoms with E-state index in [4.69, 9.17) is 0 Å². The molecule has 7 heteroatoms. The average molecular weight is 374 g/mol. The fraction of sp³-hybridized carbons (Fsp3) is 0.429. The van der Waals surface area contributed by atoms with Crippen molar-refractivity contribution in [1.82, 2.24) is 20.4 Å². The number of hydrogen-bond acceptors (Lipinski definition) is 3. The topological polar surface area (TPSA) is 61.0 Å². The van der Waals surface area contributed by atoms with Crippen molar-refractivity contribution in [2.75, 3.05) is 20.1 Å². The smallest absolute Gasteiger partial charge is 0.275 e. The van der Waals surface area contributed by atoms with Crippen LogP contribution in [0.2, 0.25) is 0 Å². The molecule has 0 spiro atoms. The average Bonchev–Trinajstić information content (AvgIpc) is 2.89. The third kappa shape index (κ3) is 3.22. The number of aromatic nitrogens is 2. The number of nitrogens with one attached hydrogen (secondary N) is 2. The highest BCUT2D eigenvalue weighted by atomic mass is 79.9. The lowest BCUT2D eigenvalue weighted by molar-refractivity contribution is 0.0694. The van der Waals surface area contributed by atoms with Gasteiger partial charge in [0.05, 0.1) is 5.52 Å². The number of piperidine rings is 1. The molecule has 0 radical (unpaired) electrons. The number of fused-ring (bicyclic) bond motifs is 1. The molecule has 2 N–H and O–H groups in total. The molecule has 114 valence electrons. The SMILES string of the molecule is CNC1CCCN(C(=O)c2n[nH]c3ccc(Br)cc23)C1.Cl. The van der Waals surface area contributed by atoms with Crippen LogP contribution in [0, 0.1) is 0 Å². The number of aromatic amines is 1. The number of H-pyrrole nitrogens is 1. The van der Waals surface area contributed by atoms with E-state index in [9.17, 15) is 4.79 Å². The maximum Gasteiger partial charge on any atom is 0.275 e. The molecule has 1 amide bonds. The Kier molecular flexibility index (Phi) is 5.24. The number of nitrogens with zero attached hydrogens (tertiary/aromatic N) is 2. The van der Waals surface area contributed by atoms with Crippen molar-refractivity contribution < 1.29 is 4.79 Å². The molecule has 1 fully saturated rings. The summed E-state index contributed by atoms with van der Waals surface area (Å²) in [7, 11) is 1.94. The first-order valence-electron chi connectivity index (χ1n) is 6.79. The van der Waals surface area contributed by atoms with Crippen LogP contribution < -0.4 is 5.32 Å². The molecule has 0 aliphatic carbocycles. The Bertz CT molecular complexity index is 645. The number of benzene rings is 1. The molecule has 1 aliphatic rings. The monoisotopic (exact) mass is 372 g/mol. The summed E-state index contributed by atoms with van der Waals surface area (Å²) in [6, 6.07) is 6.18. The predicted octanol–water partition coefficient (Wildman–Crippen LogP) is 2.57. The van der Waals surface area contributed by atoms with Crippen LogP contribution in [0.25, 0.3) is 10.9 Å². The molecular weight excluding hydrogens is 356 g/mol. The van der Waals surface area contributed by atoms with Gasteiger partial charge >= 0.3 is 0 Å². The van der Waals surface area contributed by atoms with Crippen LogP contribution in [0.4, 0.5) is 0 Å². The van der Waals surface area contributed by atoms with E-state index in [1.165, 1.54) is 0 Å². The van der Waals surface area contributed by atoms with Gasteiger partial charge in [0.15, 0.2) is 5.69 Å². The molecule has 1 saturated heterocycles. The minimum Gasteiger partial charge on any atom is -0.336 e. The van der Waals surface area contributed by atoms with Gasteiger partial charge in [-0.05, 0) is 38.1 Å². The number of likely N-dealkylation sites (tertiary alicyclic amines) is 1. The van der Waals surface area contributed by atoms with E-state index in [0.29, 0.717) is 11.7 Å². The minimum atomic E-state index is 0. The first kappa shape index (κ1) is 16.3. The largest absolute Gasteiger partial charge is 0.336 e. The van der Waals surface area contributed by atoms with Gasteiger partial charge in [-0.2, -0.15) is 5.10 Å². The molecule has 3 rings (SSSR count). The second kappa shape index (κ2) is 6.77. The molecule has 2 heterocycles. The quantitative estimate of drug-likeness (QED) is 0.850. The summed E-state index contributed by atoms with van der Waals surface area (Å²) in [6.45, 7) is 1.55. The number of halogens is 2. The lowest BCUT2D eigenvalue weighted by atomic mass is 10.1. The molecule has 0 bridgehead atoms. The van der Waals surface area contributed by atoms with E-state index in [1.807, 2.05) is 30.1 Å². The lowest BCUT2D eigenvalue weighted by Crippen LogP contribution is -2.47. The standard InChI is InChI=1S/C14H17BrN4O.ClH/c1-16-10-3-2-6-19(8-10)14(20)13-11-7-9(15)4-5-12(11)17-18-13;/h4-5,7,10,16H,2-3,6,8H2,1H3,(H,17,18);1H. The second-order valence-corrected chi connectivity index (χ2v) is 6.06. The van der Waals surface area contributed by atoms with Crippen LogP contribution in [0.3, 0.4) is 0 Å². The zero-order valence-electron chi connectivity index (χ0n) is 11.7. The zero-order valence-corrected chi connectivity index (χ0v) is 14.1. The van der Waals surface area contributed by atoms with E-state index >= 15 is 0 Å². The summed E-state index contributed by atoms with van der Waals surface area (Å²) < 4.78 is 0.951. The van der Waals surface area contributed by atoms with Crippen LogP contribution in [0.1, 0.15) is 23.3 Å². The summed E-state index contributed by atoms with van der Waals surface area (Å²) >= 11 is 3.44. The van der Waals surface area contributed by atoms with E-state index in [1.54, 1.807) is 0 Å². The van der Waals surface area contributed by atoms with Gasteiger partial charge in [0.1, 0.15) is 0 Å². The molecule has 1 aliphatic heterocycles. The molecule has 1 unspecified atom stereocenters. The van der Waals surface area contributed by atoms with Gasteiger partial charge in [-0.3, -0.25) is 9.89 Å². The molecule has 5 nitrogen and oxygen atoms in total. The Labute approximate surface area is 138 Å². The van der Waals surface area contributed by atoms with Crippen LogP contribution in [-0.4, -0.2) is 47.2 Å². The molecule has 1 atom stereocenters. The van der Waals surface area contributed by atoms with Gasteiger partial charge in [-0.15, -0.1) is 12.4 Å². The van der Waals surface area contributed by atoms with E-state index in [-0.39, 0.29) is 18.3 Å². The first-order valence-corrected chi connectivity index (χ1v) is 7.58. The summed E-state index contributed by atoms with van der Waals surface area (Å²) in [5.41, 5.74) is 1.40. The highest BCUT2D eigenvalue weighted by molar-refractivity contribution is 9.10. The lowest BCUT2D eigenvalue weighted by Gasteiger charge is -2.32. The molecule has 2 aromatic rings. The normalized spacial score (nSPS) is 18.6. The van der Waals surface area contributed by atoms with E-state index in [0.717, 1.165) is 41.3 Å². The Morgan fingerprint density at radius 1 is 1.52 bits per heavy atom. The van der Waals surface area contributed by atoms with Crippen LogP contribution in [-0.2, 0) is 0 Å². The predicted molar refractivity (Wildman–Crippen MR) is 89.0 cm³/mol. The summed E-state index contributed by atoms with van der Waals surface area (Å²) in [5, 5.41) is 11.3. The number of rotatable bonds is 2. The highest BCUT2D eigenvalue weighted by Crippen LogP contribution is 2.23. The number of carbonyl (C=O) groups excluding carboxylic acids is 1. The third-order valence-corrected chi connectivity index (χ3v) is 4.34. The van der Waals surface area contributed by atoms with Gasteiger partial charge in [0.25, 0.3) is 5.91 Å². The zero-order chi connectivity index (χ0) is 14.1. The Morgan fingerprint density at radius 3 is 3.10 bits per heavy atom. The third-order valence-electron chi connectivity index (χ3n) is 3.84. The number of amides is 1. The molecule has 1 aromatic heterocycles. The summed E-state index contributed by atoms with van der Waals surface area (Å²) in [5.74, 6) is 0.00861. The van der Waals surface area contributed by atoms with Crippen LogP contribution in [0.5, 0.6) is 0 Å². The molecule has 1 aromatic carbocycles. The summed E-state index contributed by atoms with van der Waals surface area (Å²) in [4.78, 5) is 14.5. The minimum absolute atomic E-state index is 0. The van der Waals surface area contributed by atoms with Crippen LogP contribution >= 0.6 is 28.3 Å². The van der Waals surface area contributed by atoms with Crippen molar-refractivity contribution >= 4 is 45.1 Å². The maximum absolute atomic E-state index is 12.6. The van der Waals surface area contributed by atoms with Gasteiger partial charge < -0.3 is 10.2 Å².